The van der Waals surface area contributed by atoms with Crippen LogP contribution in [0, 0.1) is 12.8 Å². The Morgan fingerprint density at radius 2 is 1.17 bits per heavy atom. The summed E-state index contributed by atoms with van der Waals surface area (Å²) in [5.41, 5.74) is 19.5. The molecule has 0 aliphatic heterocycles. The van der Waals surface area contributed by atoms with Gasteiger partial charge in [0.15, 0.2) is 0 Å². The van der Waals surface area contributed by atoms with Crippen LogP contribution in [-0.2, 0) is 28.2 Å². The van der Waals surface area contributed by atoms with Gasteiger partial charge >= 0.3 is 309 Å². The maximum atomic E-state index is 2.82. The average Bonchev–Trinajstić information content (AvgIpc) is 3.63. The Kier molecular flexibility index (Phi) is 12.6. The number of halogens is 2. The zero-order chi connectivity index (χ0) is 36.4. The Morgan fingerprint density at radius 3 is 1.65 bits per heavy atom. The summed E-state index contributed by atoms with van der Waals surface area (Å²) in [7, 11) is 0. The third-order valence-electron chi connectivity index (χ3n) is 12.3. The summed E-state index contributed by atoms with van der Waals surface area (Å²) in [6.45, 7) is 26.0. The van der Waals surface area contributed by atoms with Crippen LogP contribution in [0.1, 0.15) is 128 Å². The molecule has 0 spiro atoms. The van der Waals surface area contributed by atoms with E-state index < -0.39 is 17.4 Å². The van der Waals surface area contributed by atoms with E-state index in [0.29, 0.717) is 13.2 Å². The van der Waals surface area contributed by atoms with E-state index in [0.717, 1.165) is 0 Å². The Hall–Kier alpha value is -1.96. The summed E-state index contributed by atoms with van der Waals surface area (Å²) in [5.74, 6) is 0.616. The number of rotatable bonds is 8. The molecule has 0 radical (unpaired) electrons. The molecule has 278 valence electrons. The molecular weight excluding hydrogens is 767 g/mol. The molecule has 0 fully saturated rings. The van der Waals surface area contributed by atoms with Crippen LogP contribution in [-0.4, -0.2) is 6.88 Å². The second-order valence-corrected chi connectivity index (χ2v) is 49.4. The molecule has 3 unspecified atom stereocenters. The minimum Gasteiger partial charge on any atom is -0.147 e. The third-order valence-corrected chi connectivity index (χ3v) is 29.9. The van der Waals surface area contributed by atoms with E-state index >= 15 is 0 Å². The number of allylic oxidation sites excluding steroid dienone is 2. The average molecular weight is 831 g/mol. The molecule has 0 saturated heterocycles. The minimum absolute atomic E-state index is 0. The van der Waals surface area contributed by atoms with Gasteiger partial charge in [-0.1, -0.05) is 0 Å². The fraction of sp³-hybridized carbons (Fsp3) is 0.417. The zero-order valence-corrected chi connectivity index (χ0v) is 39.5. The first-order valence-electron chi connectivity index (χ1n) is 19.3. The van der Waals surface area contributed by atoms with Crippen LogP contribution in [0.2, 0.25) is 9.26 Å². The van der Waals surface area contributed by atoms with Crippen molar-refractivity contribution in [3.05, 3.63) is 129 Å². The largest absolute Gasteiger partial charge is 0.147 e. The van der Waals surface area contributed by atoms with E-state index in [-0.39, 0.29) is 35.6 Å². The van der Waals surface area contributed by atoms with Crippen molar-refractivity contribution in [3.8, 4) is 22.3 Å². The molecule has 0 N–H and O–H groups in total. The van der Waals surface area contributed by atoms with E-state index in [1.54, 1.807) is 22.3 Å². The van der Waals surface area contributed by atoms with Gasteiger partial charge in [-0.25, -0.2) is 0 Å². The molecule has 0 aromatic heterocycles. The molecule has 0 amide bonds. The predicted octanol–water partition coefficient (Wildman–Crippen LogP) is 14.5. The summed E-state index contributed by atoms with van der Waals surface area (Å²) < 4.78 is 6.66. The zero-order valence-electron chi connectivity index (χ0n) is 34.0. The molecule has 2 aliphatic carbocycles. The number of fused-ring (bicyclic) bond motifs is 2. The molecule has 3 atom stereocenters. The van der Waals surface area contributed by atoms with Crippen LogP contribution in [0.15, 0.2) is 90.0 Å². The summed E-state index contributed by atoms with van der Waals surface area (Å²) in [6, 6.07) is 30.9. The standard InChI is InChI=1S/C25H31.C21H23.2CH3.2ClH.H2Si.Zr/c1-6-9-18(7-2)21-16-20-10-8-11-23(24(20)17-21)19-12-14-22(15-13-19)25(3,4)5;1-14-12-19-15(2)6-11-18(20(19)13-14)16-7-9-17(10-8-16)21(3,4)5;;;;;;/h8,10-18H,6-7,9H2,1-5H3;6-13H,1-5H3;2*1H3;2*1H;1H2;. The fourth-order valence-corrected chi connectivity index (χ4v) is 30.2. The monoisotopic (exact) mass is 828 g/mol. The van der Waals surface area contributed by atoms with Gasteiger partial charge in [0, 0.05) is 0 Å². The van der Waals surface area contributed by atoms with E-state index in [4.69, 9.17) is 0 Å². The molecule has 4 aromatic carbocycles. The topological polar surface area (TPSA) is 0 Å². The van der Waals surface area contributed by atoms with Gasteiger partial charge in [-0.15, -0.1) is 24.8 Å². The second-order valence-electron chi connectivity index (χ2n) is 18.9. The first-order valence-corrected chi connectivity index (χ1v) is 33.0. The minimum atomic E-state index is -3.78. The Morgan fingerprint density at radius 1 is 0.654 bits per heavy atom. The predicted molar refractivity (Wildman–Crippen MR) is 236 cm³/mol. The quantitative estimate of drug-likeness (QED) is 0.155. The van der Waals surface area contributed by atoms with E-state index in [1.807, 2.05) is 0 Å². The van der Waals surface area contributed by atoms with E-state index in [9.17, 15) is 0 Å². The second kappa shape index (κ2) is 15.3. The summed E-state index contributed by atoms with van der Waals surface area (Å²) in [6.07, 6.45) is 8.98. The van der Waals surface area contributed by atoms with Crippen LogP contribution < -0.4 is 0 Å². The van der Waals surface area contributed by atoms with Gasteiger partial charge in [0.2, 0.25) is 0 Å². The van der Waals surface area contributed by atoms with Gasteiger partial charge < -0.3 is 0 Å². The summed E-state index contributed by atoms with van der Waals surface area (Å²) in [4.78, 5) is 0. The number of hydrogen-bond acceptors (Lipinski definition) is 0. The first kappa shape index (κ1) is 42.8. The van der Waals surface area contributed by atoms with Crippen molar-refractivity contribution >= 4 is 43.8 Å². The third kappa shape index (κ3) is 7.63. The van der Waals surface area contributed by atoms with Crippen LogP contribution in [0.4, 0.5) is 0 Å². The van der Waals surface area contributed by atoms with Gasteiger partial charge in [-0.2, -0.15) is 0 Å². The smallest absolute Gasteiger partial charge is 0.147 e. The number of hydrogen-bond donors (Lipinski definition) is 0. The van der Waals surface area contributed by atoms with Gasteiger partial charge in [-0.05, 0) is 0 Å². The molecule has 52 heavy (non-hydrogen) atoms. The fourth-order valence-electron chi connectivity index (χ4n) is 9.81. The Bertz CT molecular complexity index is 2060. The van der Waals surface area contributed by atoms with Crippen LogP contribution in [0.3, 0.4) is 0 Å². The molecule has 0 heterocycles. The maximum Gasteiger partial charge on any atom is -0.147 e. The van der Waals surface area contributed by atoms with Crippen molar-refractivity contribution in [1.29, 1.82) is 0 Å². The van der Waals surface area contributed by atoms with Gasteiger partial charge in [0.05, 0.1) is 0 Å². The SMILES string of the molecule is CCCC(CC)C1=Cc2c(-c3ccc(C(C)(C)C)cc3)cccc2[CH]1[Zr]([CH3])([CH3])(=[SiH2])[CH]1C(C)=Cc2c(-c3ccc(C(C)(C)C)cc3)ccc(C)c21.Cl.Cl. The first-order chi connectivity index (χ1) is 23.4. The van der Waals surface area contributed by atoms with Gasteiger partial charge in [-0.3, -0.25) is 0 Å². The molecule has 4 heteroatoms. The van der Waals surface area contributed by atoms with Crippen molar-refractivity contribution < 1.29 is 17.4 Å². The summed E-state index contributed by atoms with van der Waals surface area (Å²) >= 11 is -3.78. The molecule has 6 rings (SSSR count). The molecule has 2 aliphatic rings. The molecule has 4 aromatic rings. The van der Waals surface area contributed by atoms with Crippen LogP contribution >= 0.6 is 24.8 Å². The van der Waals surface area contributed by atoms with E-state index in [2.05, 4.69) is 176 Å². The van der Waals surface area contributed by atoms with Crippen molar-refractivity contribution in [2.45, 2.75) is 116 Å². The maximum absolute atomic E-state index is 3.78. The molecule has 0 bridgehead atoms. The number of aryl methyl sites for hydroxylation is 1. The molecule has 0 saturated carbocycles. The molecular formula is C48H64Cl2SiZr. The van der Waals surface area contributed by atoms with Crippen molar-refractivity contribution in [2.24, 2.45) is 5.92 Å². The van der Waals surface area contributed by atoms with Crippen LogP contribution in [0.25, 0.3) is 34.4 Å². The Balaban J connectivity index is 0.00000302. The Labute approximate surface area is 331 Å². The number of benzene rings is 4. The van der Waals surface area contributed by atoms with Crippen molar-refractivity contribution in [2.75, 3.05) is 0 Å². The van der Waals surface area contributed by atoms with Crippen molar-refractivity contribution in [3.63, 3.8) is 0 Å². The van der Waals surface area contributed by atoms with Crippen molar-refractivity contribution in [1.82, 2.24) is 0 Å². The van der Waals surface area contributed by atoms with Gasteiger partial charge in [0.1, 0.15) is 0 Å². The van der Waals surface area contributed by atoms with Crippen LogP contribution in [0.5, 0.6) is 0 Å². The van der Waals surface area contributed by atoms with E-state index in [1.165, 1.54) is 69.3 Å². The van der Waals surface area contributed by atoms with Gasteiger partial charge in [0.25, 0.3) is 0 Å². The molecule has 0 nitrogen and oxygen atoms in total. The summed E-state index contributed by atoms with van der Waals surface area (Å²) in [5, 5.41) is 0. The normalized spacial score (nSPS) is 17.7.